The molecule has 1 fully saturated rings. The molecule has 0 spiro atoms. The van der Waals surface area contributed by atoms with Gasteiger partial charge in [-0.3, -0.25) is 14.9 Å². The summed E-state index contributed by atoms with van der Waals surface area (Å²) in [5.74, 6) is 0. The van der Waals surface area contributed by atoms with Crippen molar-refractivity contribution in [1.29, 1.82) is 0 Å². The van der Waals surface area contributed by atoms with Crippen LogP contribution in [0.1, 0.15) is 11.1 Å². The number of hydrogen-bond acceptors (Lipinski definition) is 7. The summed E-state index contributed by atoms with van der Waals surface area (Å²) in [5, 5.41) is 11.8. The van der Waals surface area contributed by atoms with Crippen molar-refractivity contribution in [2.75, 3.05) is 31.1 Å². The number of hydrogen-bond donors (Lipinski definition) is 1. The first-order chi connectivity index (χ1) is 14.7. The number of aromatic amines is 1. The van der Waals surface area contributed by atoms with E-state index >= 15 is 0 Å². The van der Waals surface area contributed by atoms with Crippen molar-refractivity contribution in [2.24, 2.45) is 0 Å². The zero-order chi connectivity index (χ0) is 22.3. The molecule has 2 heterocycles. The minimum absolute atomic E-state index is 0.133. The molecule has 1 aliphatic heterocycles. The van der Waals surface area contributed by atoms with E-state index < -0.39 is 20.5 Å². The van der Waals surface area contributed by atoms with Gasteiger partial charge in [0.15, 0.2) is 0 Å². The van der Waals surface area contributed by atoms with Crippen LogP contribution in [0.5, 0.6) is 0 Å². The second-order valence-corrected chi connectivity index (χ2v) is 9.42. The summed E-state index contributed by atoms with van der Waals surface area (Å²) in [7, 11) is -3.66. The number of nitro groups is 1. The van der Waals surface area contributed by atoms with Gasteiger partial charge in [0, 0.05) is 32.2 Å². The summed E-state index contributed by atoms with van der Waals surface area (Å²) in [4.78, 5) is 31.6. The molecule has 31 heavy (non-hydrogen) atoms. The maximum absolute atomic E-state index is 13.0. The van der Waals surface area contributed by atoms with Gasteiger partial charge < -0.3 is 9.88 Å². The van der Waals surface area contributed by atoms with Gasteiger partial charge in [-0.05, 0) is 43.2 Å². The first-order valence-electron chi connectivity index (χ1n) is 9.66. The summed E-state index contributed by atoms with van der Waals surface area (Å²) >= 11 is 0. The molecule has 0 atom stereocenters. The highest BCUT2D eigenvalue weighted by Gasteiger charge is 2.31. The number of rotatable bonds is 4. The van der Waals surface area contributed by atoms with Gasteiger partial charge in [0.05, 0.1) is 27.0 Å². The average Bonchev–Trinajstić information content (AvgIpc) is 2.75. The van der Waals surface area contributed by atoms with Crippen LogP contribution >= 0.6 is 0 Å². The quantitative estimate of drug-likeness (QED) is 0.482. The van der Waals surface area contributed by atoms with Crippen LogP contribution in [-0.4, -0.2) is 53.8 Å². The molecule has 0 amide bonds. The third-order valence-electron chi connectivity index (χ3n) is 5.63. The van der Waals surface area contributed by atoms with Crippen molar-refractivity contribution in [3.05, 3.63) is 68.3 Å². The molecule has 0 saturated carbocycles. The van der Waals surface area contributed by atoms with E-state index in [0.29, 0.717) is 11.2 Å². The molecule has 0 bridgehead atoms. The largest absolute Gasteiger partial charge is 0.363 e. The van der Waals surface area contributed by atoms with E-state index in [1.807, 2.05) is 13.8 Å². The van der Waals surface area contributed by atoms with Gasteiger partial charge in [-0.1, -0.05) is 6.07 Å². The zero-order valence-corrected chi connectivity index (χ0v) is 17.8. The number of aromatic nitrogens is 2. The number of nitrogens with zero attached hydrogens (tertiary/aromatic N) is 4. The van der Waals surface area contributed by atoms with Gasteiger partial charge in [0.25, 0.3) is 11.2 Å². The second-order valence-electron chi connectivity index (χ2n) is 7.48. The van der Waals surface area contributed by atoms with Gasteiger partial charge >= 0.3 is 0 Å². The third-order valence-corrected chi connectivity index (χ3v) is 7.52. The summed E-state index contributed by atoms with van der Waals surface area (Å²) in [6.07, 6.45) is 1.24. The maximum atomic E-state index is 13.0. The normalized spacial score (nSPS) is 15.4. The molecule has 1 N–H and O–H groups in total. The maximum Gasteiger partial charge on any atom is 0.293 e. The average molecular weight is 443 g/mol. The molecule has 1 saturated heterocycles. The summed E-state index contributed by atoms with van der Waals surface area (Å²) in [6.45, 7) is 4.72. The standard InChI is InChI=1S/C20H21N5O5S/c1-13-3-4-15(9-14(13)2)31(29,30)24-7-5-23(6-8-24)18-11-17-16(10-19(18)25(27)28)20(26)22-12-21-17/h3-4,9-12H,5-8H2,1-2H3,(H,21,22,26). The Labute approximate surface area is 178 Å². The lowest BCUT2D eigenvalue weighted by Gasteiger charge is -2.35. The zero-order valence-electron chi connectivity index (χ0n) is 17.0. The van der Waals surface area contributed by atoms with E-state index in [2.05, 4.69) is 9.97 Å². The first kappa shape index (κ1) is 20.9. The molecule has 1 aromatic heterocycles. The second kappa shape index (κ2) is 7.75. The Morgan fingerprint density at radius 1 is 1.06 bits per heavy atom. The van der Waals surface area contributed by atoms with E-state index in [9.17, 15) is 23.3 Å². The first-order valence-corrected chi connectivity index (χ1v) is 11.1. The Kier molecular flexibility index (Phi) is 5.23. The number of nitrogens with one attached hydrogen (secondary N) is 1. The van der Waals surface area contributed by atoms with Crippen LogP contribution in [0, 0.1) is 24.0 Å². The highest BCUT2D eigenvalue weighted by molar-refractivity contribution is 7.89. The fraction of sp³-hybridized carbons (Fsp3) is 0.300. The number of aryl methyl sites for hydroxylation is 2. The number of fused-ring (bicyclic) bond motifs is 1. The lowest BCUT2D eigenvalue weighted by atomic mass is 10.1. The van der Waals surface area contributed by atoms with E-state index in [-0.39, 0.29) is 42.1 Å². The van der Waals surface area contributed by atoms with E-state index in [1.54, 1.807) is 23.1 Å². The highest BCUT2D eigenvalue weighted by atomic mass is 32.2. The summed E-state index contributed by atoms with van der Waals surface area (Å²) in [5.41, 5.74) is 1.91. The topological polar surface area (TPSA) is 130 Å². The van der Waals surface area contributed by atoms with Crippen molar-refractivity contribution >= 4 is 32.3 Å². The van der Waals surface area contributed by atoms with E-state index in [1.165, 1.54) is 22.8 Å². The van der Waals surface area contributed by atoms with Crippen molar-refractivity contribution in [3.63, 3.8) is 0 Å². The van der Waals surface area contributed by atoms with Crippen LogP contribution in [0.4, 0.5) is 11.4 Å². The van der Waals surface area contributed by atoms with Crippen LogP contribution in [0.2, 0.25) is 0 Å². The van der Waals surface area contributed by atoms with Crippen LogP contribution in [0.15, 0.2) is 46.3 Å². The molecular formula is C20H21N5O5S. The molecule has 0 radical (unpaired) electrons. The Bertz CT molecular complexity index is 1340. The van der Waals surface area contributed by atoms with Gasteiger partial charge in [-0.25, -0.2) is 13.4 Å². The molecule has 10 nitrogen and oxygen atoms in total. The van der Waals surface area contributed by atoms with E-state index in [4.69, 9.17) is 0 Å². The lowest BCUT2D eigenvalue weighted by molar-refractivity contribution is -0.384. The minimum atomic E-state index is -3.66. The van der Waals surface area contributed by atoms with E-state index in [0.717, 1.165) is 11.1 Å². The number of H-pyrrole nitrogens is 1. The summed E-state index contributed by atoms with van der Waals surface area (Å²) < 4.78 is 27.5. The summed E-state index contributed by atoms with van der Waals surface area (Å²) in [6, 6.07) is 7.77. The predicted molar refractivity (Wildman–Crippen MR) is 116 cm³/mol. The fourth-order valence-electron chi connectivity index (χ4n) is 3.68. The molecule has 11 heteroatoms. The Morgan fingerprint density at radius 2 is 1.77 bits per heavy atom. The third kappa shape index (κ3) is 3.77. The molecule has 1 aliphatic rings. The van der Waals surface area contributed by atoms with Gasteiger partial charge in [-0.15, -0.1) is 0 Å². The molecule has 0 aliphatic carbocycles. The molecule has 4 rings (SSSR count). The van der Waals surface area contributed by atoms with Gasteiger partial charge in [-0.2, -0.15) is 4.31 Å². The van der Waals surface area contributed by atoms with Crippen molar-refractivity contribution in [2.45, 2.75) is 18.7 Å². The fourth-order valence-corrected chi connectivity index (χ4v) is 5.19. The van der Waals surface area contributed by atoms with Gasteiger partial charge in [0.1, 0.15) is 5.69 Å². The number of sulfonamides is 1. The van der Waals surface area contributed by atoms with Crippen LogP contribution in [0.25, 0.3) is 10.9 Å². The Balaban J connectivity index is 1.62. The SMILES string of the molecule is Cc1ccc(S(=O)(=O)N2CCN(c3cc4nc[nH]c(=O)c4cc3[N+](=O)[O-])CC2)cc1C. The van der Waals surface area contributed by atoms with Crippen molar-refractivity contribution < 1.29 is 13.3 Å². The number of anilines is 1. The highest BCUT2D eigenvalue weighted by Crippen LogP contribution is 2.32. The lowest BCUT2D eigenvalue weighted by Crippen LogP contribution is -2.48. The molecular weight excluding hydrogens is 422 g/mol. The predicted octanol–water partition coefficient (Wildman–Crippen LogP) is 1.96. The Morgan fingerprint density at radius 3 is 2.42 bits per heavy atom. The van der Waals surface area contributed by atoms with Crippen LogP contribution in [0.3, 0.4) is 0 Å². The number of benzene rings is 2. The minimum Gasteiger partial charge on any atom is -0.363 e. The monoisotopic (exact) mass is 443 g/mol. The number of piperazine rings is 1. The van der Waals surface area contributed by atoms with Gasteiger partial charge in [0.2, 0.25) is 10.0 Å². The van der Waals surface area contributed by atoms with Crippen molar-refractivity contribution in [3.8, 4) is 0 Å². The molecule has 2 aromatic carbocycles. The van der Waals surface area contributed by atoms with Crippen LogP contribution in [-0.2, 0) is 10.0 Å². The number of nitro benzene ring substituents is 1. The Hall–Kier alpha value is -3.31. The smallest absolute Gasteiger partial charge is 0.293 e. The van der Waals surface area contributed by atoms with Crippen LogP contribution < -0.4 is 10.5 Å². The molecule has 3 aromatic rings. The molecule has 162 valence electrons. The molecule has 0 unspecified atom stereocenters. The van der Waals surface area contributed by atoms with Crippen molar-refractivity contribution in [1.82, 2.24) is 14.3 Å².